The molecular formula is C17H16Cl2FN5O3S. The standard InChI is InChI=1S/C17H16Cl2FN5O3S/c1-17(8-29(27,28)25(2)16(21)24-17)11-6-10(3-4-12(11)19)23-15(26)14-13(20)5-9(18)7-22-14/h3-7H,8H2,1-2H3,(H2,21,24)(H,23,26)/t17-/m0/s1. The number of carbonyl (C=O) groups excluding carboxylic acids is 1. The Morgan fingerprint density at radius 3 is 2.69 bits per heavy atom. The van der Waals surface area contributed by atoms with E-state index in [1.807, 2.05) is 0 Å². The maximum absolute atomic E-state index is 13.9. The van der Waals surface area contributed by atoms with Crippen LogP contribution in [0.15, 0.2) is 30.5 Å². The Hall–Kier alpha value is -2.43. The van der Waals surface area contributed by atoms with E-state index in [9.17, 15) is 17.6 Å². The predicted molar refractivity (Wildman–Crippen MR) is 108 cm³/mol. The molecule has 2 heterocycles. The zero-order valence-corrected chi connectivity index (χ0v) is 17.6. The van der Waals surface area contributed by atoms with Crippen LogP contribution in [0.25, 0.3) is 0 Å². The number of hydrogen-bond donors (Lipinski definition) is 3. The number of carbonyl (C=O) groups is 1. The number of anilines is 1. The number of rotatable bonds is 3. The molecule has 29 heavy (non-hydrogen) atoms. The first kappa shape index (κ1) is 21.3. The summed E-state index contributed by atoms with van der Waals surface area (Å²) in [6, 6.07) is 5.39. The molecule has 1 aliphatic rings. The quantitative estimate of drug-likeness (QED) is 0.652. The Bertz CT molecular complexity index is 1130. The van der Waals surface area contributed by atoms with Crippen molar-refractivity contribution in [1.82, 2.24) is 14.6 Å². The maximum atomic E-state index is 13.9. The third kappa shape index (κ3) is 4.14. The van der Waals surface area contributed by atoms with Gasteiger partial charge >= 0.3 is 0 Å². The highest BCUT2D eigenvalue weighted by atomic mass is 35.5. The van der Waals surface area contributed by atoms with Crippen molar-refractivity contribution in [2.75, 3.05) is 18.1 Å². The average molecular weight is 460 g/mol. The van der Waals surface area contributed by atoms with E-state index >= 15 is 0 Å². The van der Waals surface area contributed by atoms with Crippen molar-refractivity contribution in [2.45, 2.75) is 12.5 Å². The molecule has 1 fully saturated rings. The van der Waals surface area contributed by atoms with Gasteiger partial charge in [0.05, 0.1) is 16.3 Å². The second kappa shape index (κ2) is 7.43. The average Bonchev–Trinajstić information content (AvgIpc) is 2.60. The molecule has 0 unspecified atom stereocenters. The van der Waals surface area contributed by atoms with Crippen LogP contribution in [0.2, 0.25) is 10.0 Å². The lowest BCUT2D eigenvalue weighted by Gasteiger charge is -2.40. The summed E-state index contributed by atoms with van der Waals surface area (Å²) in [5, 5.41) is 13.5. The summed E-state index contributed by atoms with van der Waals surface area (Å²) in [6.45, 7) is 1.58. The van der Waals surface area contributed by atoms with Crippen LogP contribution in [0, 0.1) is 11.2 Å². The molecular weight excluding hydrogens is 444 g/mol. The Morgan fingerprint density at radius 2 is 2.07 bits per heavy atom. The molecule has 154 valence electrons. The molecule has 0 spiro atoms. The molecule has 0 saturated carbocycles. The Kier molecular flexibility index (Phi) is 5.46. The Balaban J connectivity index is 1.94. The van der Waals surface area contributed by atoms with Gasteiger partial charge in [0.25, 0.3) is 5.91 Å². The summed E-state index contributed by atoms with van der Waals surface area (Å²) < 4.78 is 39.5. The largest absolute Gasteiger partial charge is 0.345 e. The summed E-state index contributed by atoms with van der Waals surface area (Å²) in [4.78, 5) is 16.0. The molecule has 1 aromatic heterocycles. The van der Waals surface area contributed by atoms with Crippen molar-refractivity contribution in [3.8, 4) is 0 Å². The second-order valence-corrected chi connectivity index (χ2v) is 9.51. The monoisotopic (exact) mass is 459 g/mol. The molecule has 3 N–H and O–H groups in total. The lowest BCUT2D eigenvalue weighted by molar-refractivity contribution is 0.101. The van der Waals surface area contributed by atoms with Crippen LogP contribution in [0.3, 0.4) is 0 Å². The van der Waals surface area contributed by atoms with E-state index in [2.05, 4.69) is 15.6 Å². The highest BCUT2D eigenvalue weighted by Crippen LogP contribution is 2.34. The van der Waals surface area contributed by atoms with E-state index in [1.54, 1.807) is 6.92 Å². The molecule has 1 aromatic carbocycles. The van der Waals surface area contributed by atoms with Crippen molar-refractivity contribution in [3.05, 3.63) is 57.6 Å². The lowest BCUT2D eigenvalue weighted by atomic mass is 9.93. The van der Waals surface area contributed by atoms with Gasteiger partial charge in [-0.1, -0.05) is 23.2 Å². The number of halogens is 3. The zero-order chi connectivity index (χ0) is 21.6. The topological polar surface area (TPSA) is 115 Å². The van der Waals surface area contributed by atoms with E-state index in [0.717, 1.165) is 16.6 Å². The number of nitrogens with zero attached hydrogens (tertiary/aromatic N) is 2. The minimum absolute atomic E-state index is 0.0535. The van der Waals surface area contributed by atoms with E-state index in [-0.39, 0.29) is 27.4 Å². The van der Waals surface area contributed by atoms with Crippen LogP contribution in [0.1, 0.15) is 23.0 Å². The van der Waals surface area contributed by atoms with Gasteiger partial charge in [-0.15, -0.1) is 0 Å². The molecule has 1 atom stereocenters. The van der Waals surface area contributed by atoms with Gasteiger partial charge in [0.1, 0.15) is 0 Å². The third-order valence-electron chi connectivity index (χ3n) is 4.44. The maximum Gasteiger partial charge on any atom is 0.277 e. The third-order valence-corrected chi connectivity index (χ3v) is 6.93. The van der Waals surface area contributed by atoms with E-state index < -0.39 is 33.0 Å². The van der Waals surface area contributed by atoms with Gasteiger partial charge in [-0.25, -0.2) is 22.1 Å². The highest BCUT2D eigenvalue weighted by molar-refractivity contribution is 7.89. The van der Waals surface area contributed by atoms with Crippen LogP contribution in [-0.4, -0.2) is 42.4 Å². The van der Waals surface area contributed by atoms with E-state index in [0.29, 0.717) is 5.56 Å². The molecule has 1 saturated heterocycles. The fourth-order valence-electron chi connectivity index (χ4n) is 2.92. The highest BCUT2D eigenvalue weighted by Gasteiger charge is 2.43. The summed E-state index contributed by atoms with van der Waals surface area (Å²) in [6.07, 6.45) is 1.15. The van der Waals surface area contributed by atoms with E-state index in [4.69, 9.17) is 28.6 Å². The number of sulfonamides is 1. The van der Waals surface area contributed by atoms with Crippen LogP contribution in [0.4, 0.5) is 10.1 Å². The van der Waals surface area contributed by atoms with Gasteiger partial charge in [0.2, 0.25) is 16.0 Å². The van der Waals surface area contributed by atoms with Crippen molar-refractivity contribution < 1.29 is 17.6 Å². The molecule has 3 rings (SSSR count). The van der Waals surface area contributed by atoms with Crippen LogP contribution in [0.5, 0.6) is 0 Å². The molecule has 1 amide bonds. The first-order chi connectivity index (χ1) is 13.4. The lowest BCUT2D eigenvalue weighted by Crippen LogP contribution is -2.60. The van der Waals surface area contributed by atoms with Crippen molar-refractivity contribution in [2.24, 2.45) is 0 Å². The van der Waals surface area contributed by atoms with Crippen LogP contribution < -0.4 is 10.6 Å². The van der Waals surface area contributed by atoms with Crippen molar-refractivity contribution >= 4 is 50.8 Å². The number of pyridine rings is 1. The van der Waals surface area contributed by atoms with Crippen LogP contribution >= 0.6 is 23.2 Å². The first-order valence-corrected chi connectivity index (χ1v) is 10.6. The summed E-state index contributed by atoms with van der Waals surface area (Å²) in [5.41, 5.74) is -1.07. The normalized spacial score (nSPS) is 20.9. The smallest absolute Gasteiger partial charge is 0.277 e. The molecule has 8 nitrogen and oxygen atoms in total. The van der Waals surface area contributed by atoms with Gasteiger partial charge in [0.15, 0.2) is 11.5 Å². The van der Waals surface area contributed by atoms with Gasteiger partial charge in [-0.2, -0.15) is 0 Å². The first-order valence-electron chi connectivity index (χ1n) is 8.19. The minimum atomic E-state index is -3.74. The Labute approximate surface area is 176 Å². The van der Waals surface area contributed by atoms with Gasteiger partial charge in [-0.3, -0.25) is 10.2 Å². The number of aromatic nitrogens is 1. The predicted octanol–water partition coefficient (Wildman–Crippen LogP) is 2.79. The number of hydrogen-bond acceptors (Lipinski definition) is 5. The number of benzene rings is 1. The SMILES string of the molecule is CN1C(=N)N[C@](C)(c2cc(NC(=O)c3ncc(Cl)cc3F)ccc2Cl)CS1(=O)=O. The molecule has 12 heteroatoms. The van der Waals surface area contributed by atoms with Gasteiger partial charge in [0, 0.05) is 24.0 Å². The number of nitrogens with one attached hydrogen (secondary N) is 3. The number of amides is 1. The molecule has 1 aliphatic heterocycles. The van der Waals surface area contributed by atoms with Gasteiger partial charge in [-0.05, 0) is 36.8 Å². The minimum Gasteiger partial charge on any atom is -0.345 e. The summed E-state index contributed by atoms with van der Waals surface area (Å²) in [5.74, 6) is -2.36. The second-order valence-electron chi connectivity index (χ2n) is 6.66. The summed E-state index contributed by atoms with van der Waals surface area (Å²) in [7, 11) is -2.47. The van der Waals surface area contributed by atoms with Gasteiger partial charge < -0.3 is 10.6 Å². The van der Waals surface area contributed by atoms with Crippen molar-refractivity contribution in [3.63, 3.8) is 0 Å². The zero-order valence-electron chi connectivity index (χ0n) is 15.3. The van der Waals surface area contributed by atoms with Crippen molar-refractivity contribution in [1.29, 1.82) is 5.41 Å². The molecule has 0 bridgehead atoms. The van der Waals surface area contributed by atoms with E-state index in [1.165, 1.54) is 25.2 Å². The molecule has 2 aromatic rings. The Morgan fingerprint density at radius 1 is 1.38 bits per heavy atom. The molecule has 0 aliphatic carbocycles. The number of guanidine groups is 1. The molecule has 0 radical (unpaired) electrons. The fourth-order valence-corrected chi connectivity index (χ4v) is 4.87. The van der Waals surface area contributed by atoms with Crippen LogP contribution in [-0.2, 0) is 15.6 Å². The summed E-state index contributed by atoms with van der Waals surface area (Å²) >= 11 is 11.9. The fraction of sp³-hybridized carbons (Fsp3) is 0.235.